The first kappa shape index (κ1) is 14.2. The molecular formula is C15H8N4O4. The van der Waals surface area contributed by atoms with Gasteiger partial charge in [-0.15, -0.1) is 0 Å². The summed E-state index contributed by atoms with van der Waals surface area (Å²) in [6.07, 6.45) is 1.39. The van der Waals surface area contributed by atoms with Gasteiger partial charge in [0, 0.05) is 6.20 Å². The van der Waals surface area contributed by atoms with E-state index in [0.717, 1.165) is 4.40 Å². The molecular weight excluding hydrogens is 300 g/mol. The molecule has 8 heteroatoms. The quantitative estimate of drug-likeness (QED) is 0.542. The van der Waals surface area contributed by atoms with Crippen LogP contribution in [0, 0.1) is 21.4 Å². The van der Waals surface area contributed by atoms with E-state index in [1.54, 1.807) is 12.1 Å². The molecule has 0 unspecified atom stereocenters. The standard InChI is InChI=1S/C15H8N4O4/c16-9-10-4-6-11(7-5-10)23-14-13(19(21)22)15(20)18-8-2-1-3-12(18)17-14/h1-8H. The van der Waals surface area contributed by atoms with Crippen LogP contribution < -0.4 is 10.3 Å². The highest BCUT2D eigenvalue weighted by atomic mass is 16.6. The Hall–Kier alpha value is -3.73. The summed E-state index contributed by atoms with van der Waals surface area (Å²) in [6.45, 7) is 0. The van der Waals surface area contributed by atoms with Gasteiger partial charge in [0.25, 0.3) is 0 Å². The average molecular weight is 308 g/mol. The number of hydrogen-bond acceptors (Lipinski definition) is 6. The molecule has 23 heavy (non-hydrogen) atoms. The molecule has 1 aromatic carbocycles. The molecule has 2 heterocycles. The molecule has 8 nitrogen and oxygen atoms in total. The molecule has 0 saturated carbocycles. The molecule has 2 aromatic heterocycles. The molecule has 3 rings (SSSR count). The lowest BCUT2D eigenvalue weighted by molar-refractivity contribution is -0.387. The minimum Gasteiger partial charge on any atom is -0.433 e. The Labute approximate surface area is 129 Å². The summed E-state index contributed by atoms with van der Waals surface area (Å²) < 4.78 is 6.46. The van der Waals surface area contributed by atoms with Crippen molar-refractivity contribution in [3.8, 4) is 17.7 Å². The molecule has 0 radical (unpaired) electrons. The summed E-state index contributed by atoms with van der Waals surface area (Å²) >= 11 is 0. The smallest absolute Gasteiger partial charge is 0.396 e. The fraction of sp³-hybridized carbons (Fsp3) is 0. The lowest BCUT2D eigenvalue weighted by atomic mass is 10.2. The summed E-state index contributed by atoms with van der Waals surface area (Å²) in [5, 5.41) is 20.0. The molecule has 0 amide bonds. The van der Waals surface area contributed by atoms with Crippen molar-refractivity contribution < 1.29 is 9.66 Å². The molecule has 0 saturated heterocycles. The van der Waals surface area contributed by atoms with Gasteiger partial charge >= 0.3 is 17.1 Å². The van der Waals surface area contributed by atoms with Crippen molar-refractivity contribution in [2.24, 2.45) is 0 Å². The van der Waals surface area contributed by atoms with Crippen molar-refractivity contribution in [2.45, 2.75) is 0 Å². The minimum atomic E-state index is -0.829. The van der Waals surface area contributed by atoms with Crippen LogP contribution in [-0.2, 0) is 0 Å². The summed E-state index contributed by atoms with van der Waals surface area (Å²) in [4.78, 5) is 26.6. The maximum absolute atomic E-state index is 12.2. The van der Waals surface area contributed by atoms with Gasteiger partial charge in [-0.05, 0) is 36.4 Å². The van der Waals surface area contributed by atoms with Gasteiger partial charge in [-0.2, -0.15) is 10.2 Å². The third-order valence-corrected chi connectivity index (χ3v) is 3.06. The molecule has 0 N–H and O–H groups in total. The predicted octanol–water partition coefficient (Wildman–Crippen LogP) is 2.27. The second kappa shape index (κ2) is 5.57. The number of pyridine rings is 1. The van der Waals surface area contributed by atoms with Crippen LogP contribution in [0.3, 0.4) is 0 Å². The maximum Gasteiger partial charge on any atom is 0.396 e. The van der Waals surface area contributed by atoms with E-state index < -0.39 is 22.0 Å². The molecule has 112 valence electrons. The van der Waals surface area contributed by atoms with Crippen molar-refractivity contribution >= 4 is 11.3 Å². The highest BCUT2D eigenvalue weighted by molar-refractivity contribution is 5.50. The number of fused-ring (bicyclic) bond motifs is 1. The predicted molar refractivity (Wildman–Crippen MR) is 79.3 cm³/mol. The Balaban J connectivity index is 2.15. The number of aromatic nitrogens is 2. The van der Waals surface area contributed by atoms with Gasteiger partial charge in [-0.25, -0.2) is 0 Å². The largest absolute Gasteiger partial charge is 0.433 e. The summed E-state index contributed by atoms with van der Waals surface area (Å²) in [5.41, 5.74) is -0.938. The maximum atomic E-state index is 12.2. The van der Waals surface area contributed by atoms with Crippen molar-refractivity contribution in [3.63, 3.8) is 0 Å². The molecule has 0 aliphatic rings. The number of nitro groups is 1. The number of nitriles is 1. The van der Waals surface area contributed by atoms with Crippen LogP contribution in [0.25, 0.3) is 5.65 Å². The van der Waals surface area contributed by atoms with Crippen LogP contribution in [0.1, 0.15) is 5.56 Å². The monoisotopic (exact) mass is 308 g/mol. The van der Waals surface area contributed by atoms with Gasteiger partial charge in [-0.1, -0.05) is 6.07 Å². The molecule has 0 spiro atoms. The number of rotatable bonds is 3. The number of hydrogen-bond donors (Lipinski definition) is 0. The fourth-order valence-electron chi connectivity index (χ4n) is 2.00. The summed E-state index contributed by atoms with van der Waals surface area (Å²) in [5.74, 6) is -0.157. The third-order valence-electron chi connectivity index (χ3n) is 3.06. The zero-order valence-electron chi connectivity index (χ0n) is 11.5. The van der Waals surface area contributed by atoms with E-state index in [0.29, 0.717) is 5.56 Å². The zero-order valence-corrected chi connectivity index (χ0v) is 11.5. The van der Waals surface area contributed by atoms with Crippen molar-refractivity contribution in [1.82, 2.24) is 9.38 Å². The van der Waals surface area contributed by atoms with Crippen molar-refractivity contribution in [2.75, 3.05) is 0 Å². The molecule has 0 aliphatic heterocycles. The number of benzene rings is 1. The van der Waals surface area contributed by atoms with Crippen LogP contribution in [0.2, 0.25) is 0 Å². The van der Waals surface area contributed by atoms with E-state index in [4.69, 9.17) is 10.00 Å². The van der Waals surface area contributed by atoms with Gasteiger partial charge in [0.15, 0.2) is 0 Å². The van der Waals surface area contributed by atoms with Gasteiger partial charge < -0.3 is 4.74 Å². The Morgan fingerprint density at radius 1 is 1.22 bits per heavy atom. The van der Waals surface area contributed by atoms with E-state index in [1.165, 1.54) is 36.5 Å². The van der Waals surface area contributed by atoms with E-state index in [2.05, 4.69) is 4.98 Å². The lowest BCUT2D eigenvalue weighted by Crippen LogP contribution is -2.19. The molecule has 0 bridgehead atoms. The Kier molecular flexibility index (Phi) is 3.44. The first-order valence-corrected chi connectivity index (χ1v) is 6.44. The lowest BCUT2D eigenvalue weighted by Gasteiger charge is -2.07. The normalized spacial score (nSPS) is 10.2. The Morgan fingerprint density at radius 3 is 2.61 bits per heavy atom. The van der Waals surface area contributed by atoms with E-state index >= 15 is 0 Å². The third kappa shape index (κ3) is 2.58. The van der Waals surface area contributed by atoms with E-state index in [9.17, 15) is 14.9 Å². The first-order chi connectivity index (χ1) is 11.1. The van der Waals surface area contributed by atoms with Crippen LogP contribution in [0.5, 0.6) is 11.6 Å². The van der Waals surface area contributed by atoms with Crippen LogP contribution in [0.4, 0.5) is 5.69 Å². The Bertz CT molecular complexity index is 1000. The first-order valence-electron chi connectivity index (χ1n) is 6.44. The van der Waals surface area contributed by atoms with Crippen molar-refractivity contribution in [1.29, 1.82) is 5.26 Å². The van der Waals surface area contributed by atoms with E-state index in [-0.39, 0.29) is 11.4 Å². The van der Waals surface area contributed by atoms with Crippen LogP contribution in [-0.4, -0.2) is 14.3 Å². The highest BCUT2D eigenvalue weighted by Gasteiger charge is 2.25. The topological polar surface area (TPSA) is 111 Å². The molecule has 0 fully saturated rings. The minimum absolute atomic E-state index is 0.228. The second-order valence-corrected chi connectivity index (χ2v) is 4.49. The second-order valence-electron chi connectivity index (χ2n) is 4.49. The SMILES string of the molecule is N#Cc1ccc(Oc2nc3ccccn3c(=O)c2[N+](=O)[O-])cc1. The number of nitrogens with zero attached hydrogens (tertiary/aromatic N) is 4. The van der Waals surface area contributed by atoms with Gasteiger partial charge in [0.05, 0.1) is 16.6 Å². The summed E-state index contributed by atoms with van der Waals surface area (Å²) in [6, 6.07) is 12.6. The van der Waals surface area contributed by atoms with Crippen LogP contribution in [0.15, 0.2) is 53.5 Å². The van der Waals surface area contributed by atoms with Crippen LogP contribution >= 0.6 is 0 Å². The van der Waals surface area contributed by atoms with Crippen molar-refractivity contribution in [3.05, 3.63) is 74.7 Å². The van der Waals surface area contributed by atoms with E-state index in [1.807, 2.05) is 6.07 Å². The van der Waals surface area contributed by atoms with Gasteiger partial charge in [0.1, 0.15) is 11.4 Å². The average Bonchev–Trinajstić information content (AvgIpc) is 2.55. The molecule has 3 aromatic rings. The fourth-order valence-corrected chi connectivity index (χ4v) is 2.00. The number of ether oxygens (including phenoxy) is 1. The molecule has 0 aliphatic carbocycles. The summed E-state index contributed by atoms with van der Waals surface area (Å²) in [7, 11) is 0. The highest BCUT2D eigenvalue weighted by Crippen LogP contribution is 2.26. The Morgan fingerprint density at radius 2 is 1.96 bits per heavy atom. The molecule has 0 atom stereocenters. The zero-order chi connectivity index (χ0) is 16.4. The van der Waals surface area contributed by atoms with Gasteiger partial charge in [0.2, 0.25) is 0 Å². The van der Waals surface area contributed by atoms with Gasteiger partial charge in [-0.3, -0.25) is 19.3 Å².